The molecule has 2 heterocycles. The third-order valence-electron chi connectivity index (χ3n) is 4.79. The highest BCUT2D eigenvalue weighted by atomic mass is 35.5. The van der Waals surface area contributed by atoms with Gasteiger partial charge in [0.25, 0.3) is 0 Å². The highest BCUT2D eigenvalue weighted by molar-refractivity contribution is 6.32. The summed E-state index contributed by atoms with van der Waals surface area (Å²) < 4.78 is 5.70. The summed E-state index contributed by atoms with van der Waals surface area (Å²) in [5.41, 5.74) is 5.32. The second kappa shape index (κ2) is 7.75. The van der Waals surface area contributed by atoms with Crippen LogP contribution in [0.3, 0.4) is 0 Å². The molecule has 2 aromatic carbocycles. The zero-order valence-corrected chi connectivity index (χ0v) is 16.5. The summed E-state index contributed by atoms with van der Waals surface area (Å²) in [6, 6.07) is 16.5. The van der Waals surface area contributed by atoms with Gasteiger partial charge >= 0.3 is 0 Å². The molecule has 0 saturated carbocycles. The molecule has 5 heteroatoms. The van der Waals surface area contributed by atoms with Crippen molar-refractivity contribution in [3.63, 3.8) is 0 Å². The maximum absolute atomic E-state index is 6.36. The Kier molecular flexibility index (Phi) is 5.19. The number of hydrogen-bond acceptors (Lipinski definition) is 3. The zero-order chi connectivity index (χ0) is 18.8. The molecule has 1 N–H and O–H groups in total. The van der Waals surface area contributed by atoms with Gasteiger partial charge in [0, 0.05) is 12.1 Å². The van der Waals surface area contributed by atoms with Crippen molar-refractivity contribution in [2.45, 2.75) is 32.9 Å². The van der Waals surface area contributed by atoms with E-state index in [4.69, 9.17) is 16.3 Å². The van der Waals surface area contributed by atoms with Crippen LogP contribution < -0.4 is 4.74 Å². The summed E-state index contributed by atoms with van der Waals surface area (Å²) in [4.78, 5) is 2.46. The van der Waals surface area contributed by atoms with E-state index in [1.165, 1.54) is 25.1 Å². The molecule has 0 amide bonds. The fourth-order valence-corrected chi connectivity index (χ4v) is 3.44. The molecular formula is C22H24ClN3O. The maximum Gasteiger partial charge on any atom is 0.138 e. The predicted molar refractivity (Wildman–Crippen MR) is 110 cm³/mol. The number of H-pyrrole nitrogens is 1. The molecule has 1 fully saturated rings. The van der Waals surface area contributed by atoms with Gasteiger partial charge < -0.3 is 4.74 Å². The molecule has 0 aliphatic carbocycles. The number of ether oxygens (including phenoxy) is 1. The van der Waals surface area contributed by atoms with E-state index in [1.54, 1.807) is 0 Å². The average Bonchev–Trinajstić information content (AvgIpc) is 3.10. The molecule has 27 heavy (non-hydrogen) atoms. The fourth-order valence-electron chi connectivity index (χ4n) is 3.21. The Bertz CT molecular complexity index is 914. The minimum absolute atomic E-state index is 0.0920. The SMILES string of the molecule is CC(C)Oc1ccc(-c2cc(-c3ccc(CN4CCC4)cc3)[nH]n2)cc1Cl. The van der Waals surface area contributed by atoms with Crippen molar-refractivity contribution >= 4 is 11.6 Å². The minimum Gasteiger partial charge on any atom is -0.489 e. The molecule has 3 aromatic rings. The van der Waals surface area contributed by atoms with E-state index in [9.17, 15) is 0 Å². The number of aromatic nitrogens is 2. The molecule has 0 unspecified atom stereocenters. The van der Waals surface area contributed by atoms with E-state index in [0.29, 0.717) is 10.8 Å². The molecule has 1 aromatic heterocycles. The van der Waals surface area contributed by atoms with Crippen molar-refractivity contribution in [1.29, 1.82) is 0 Å². The van der Waals surface area contributed by atoms with Crippen molar-refractivity contribution in [3.8, 4) is 28.3 Å². The lowest BCUT2D eigenvalue weighted by Crippen LogP contribution is -2.36. The largest absolute Gasteiger partial charge is 0.489 e. The molecule has 140 valence electrons. The van der Waals surface area contributed by atoms with Crippen LogP contribution in [0.4, 0.5) is 0 Å². The fraction of sp³-hybridized carbons (Fsp3) is 0.318. The summed E-state index contributed by atoms with van der Waals surface area (Å²) in [5.74, 6) is 0.698. The van der Waals surface area contributed by atoms with Crippen LogP contribution in [-0.4, -0.2) is 34.3 Å². The molecule has 0 atom stereocenters. The van der Waals surface area contributed by atoms with Crippen LogP contribution in [0.15, 0.2) is 48.5 Å². The summed E-state index contributed by atoms with van der Waals surface area (Å²) in [5, 5.41) is 8.19. The van der Waals surface area contributed by atoms with Crippen molar-refractivity contribution in [2.24, 2.45) is 0 Å². The zero-order valence-electron chi connectivity index (χ0n) is 15.7. The number of likely N-dealkylation sites (tertiary alicyclic amines) is 1. The Balaban J connectivity index is 1.50. The second-order valence-corrected chi connectivity index (χ2v) is 7.71. The first kappa shape index (κ1) is 18.1. The van der Waals surface area contributed by atoms with E-state index in [0.717, 1.165) is 29.1 Å². The molecule has 0 bridgehead atoms. The molecule has 4 rings (SSSR count). The Hall–Kier alpha value is -2.30. The van der Waals surface area contributed by atoms with Crippen LogP contribution in [0.2, 0.25) is 5.02 Å². The van der Waals surface area contributed by atoms with Crippen molar-refractivity contribution in [3.05, 3.63) is 59.1 Å². The van der Waals surface area contributed by atoms with Gasteiger partial charge in [-0.15, -0.1) is 0 Å². The number of hydrogen-bond donors (Lipinski definition) is 1. The van der Waals surface area contributed by atoms with Crippen LogP contribution in [0.25, 0.3) is 22.5 Å². The quantitative estimate of drug-likeness (QED) is 0.622. The van der Waals surface area contributed by atoms with Crippen LogP contribution in [0, 0.1) is 0 Å². The first-order chi connectivity index (χ1) is 13.1. The summed E-state index contributed by atoms with van der Waals surface area (Å²) in [6.07, 6.45) is 1.42. The van der Waals surface area contributed by atoms with Gasteiger partial charge in [0.2, 0.25) is 0 Å². The van der Waals surface area contributed by atoms with Crippen molar-refractivity contribution < 1.29 is 4.74 Å². The minimum atomic E-state index is 0.0920. The van der Waals surface area contributed by atoms with Crippen LogP contribution >= 0.6 is 11.6 Å². The van der Waals surface area contributed by atoms with Gasteiger partial charge in [-0.1, -0.05) is 35.9 Å². The first-order valence-corrected chi connectivity index (χ1v) is 9.80. The first-order valence-electron chi connectivity index (χ1n) is 9.42. The number of nitrogens with zero attached hydrogens (tertiary/aromatic N) is 2. The van der Waals surface area contributed by atoms with E-state index in [-0.39, 0.29) is 6.10 Å². The molecule has 1 saturated heterocycles. The van der Waals surface area contributed by atoms with E-state index < -0.39 is 0 Å². The molecule has 1 aliphatic heterocycles. The number of aromatic amines is 1. The van der Waals surface area contributed by atoms with Crippen LogP contribution in [-0.2, 0) is 6.54 Å². The second-order valence-electron chi connectivity index (χ2n) is 7.31. The Labute approximate surface area is 165 Å². The standard InChI is InChI=1S/C22H24ClN3O/c1-15(2)27-22-9-8-18(12-19(22)23)21-13-20(24-25-21)17-6-4-16(5-7-17)14-26-10-3-11-26/h4-9,12-13,15H,3,10-11,14H2,1-2H3,(H,24,25). The normalized spacial score (nSPS) is 14.4. The lowest BCUT2D eigenvalue weighted by molar-refractivity contribution is 0.172. The molecule has 0 radical (unpaired) electrons. The van der Waals surface area contributed by atoms with Gasteiger partial charge in [0.1, 0.15) is 5.75 Å². The van der Waals surface area contributed by atoms with Gasteiger partial charge in [-0.3, -0.25) is 10.00 Å². The highest BCUT2D eigenvalue weighted by Crippen LogP contribution is 2.31. The number of benzene rings is 2. The summed E-state index contributed by atoms with van der Waals surface area (Å²) in [7, 11) is 0. The summed E-state index contributed by atoms with van der Waals surface area (Å²) >= 11 is 6.36. The van der Waals surface area contributed by atoms with Crippen LogP contribution in [0.1, 0.15) is 25.8 Å². The van der Waals surface area contributed by atoms with Crippen molar-refractivity contribution in [1.82, 2.24) is 15.1 Å². The lowest BCUT2D eigenvalue weighted by atomic mass is 10.1. The van der Waals surface area contributed by atoms with Gasteiger partial charge in [0.15, 0.2) is 0 Å². The third-order valence-corrected chi connectivity index (χ3v) is 5.08. The van der Waals surface area contributed by atoms with E-state index in [1.807, 2.05) is 32.0 Å². The van der Waals surface area contributed by atoms with Gasteiger partial charge in [-0.05, 0) is 68.8 Å². The number of halogens is 1. The Morgan fingerprint density at radius 1 is 1.07 bits per heavy atom. The topological polar surface area (TPSA) is 41.1 Å². The molecule has 1 aliphatic rings. The number of rotatable bonds is 6. The monoisotopic (exact) mass is 381 g/mol. The smallest absolute Gasteiger partial charge is 0.138 e. The Morgan fingerprint density at radius 3 is 2.44 bits per heavy atom. The molecular weight excluding hydrogens is 358 g/mol. The maximum atomic E-state index is 6.36. The summed E-state index contributed by atoms with van der Waals surface area (Å²) in [6.45, 7) is 7.44. The van der Waals surface area contributed by atoms with Crippen molar-refractivity contribution in [2.75, 3.05) is 13.1 Å². The molecule has 0 spiro atoms. The van der Waals surface area contributed by atoms with Gasteiger partial charge in [-0.2, -0.15) is 5.10 Å². The Morgan fingerprint density at radius 2 is 1.81 bits per heavy atom. The molecule has 4 nitrogen and oxygen atoms in total. The van der Waals surface area contributed by atoms with Crippen LogP contribution in [0.5, 0.6) is 5.75 Å². The highest BCUT2D eigenvalue weighted by Gasteiger charge is 2.14. The predicted octanol–water partition coefficient (Wildman–Crippen LogP) is 5.39. The lowest BCUT2D eigenvalue weighted by Gasteiger charge is -2.30. The number of nitrogens with one attached hydrogen (secondary N) is 1. The third kappa shape index (κ3) is 4.18. The van der Waals surface area contributed by atoms with E-state index in [2.05, 4.69) is 45.4 Å². The van der Waals surface area contributed by atoms with Gasteiger partial charge in [-0.25, -0.2) is 0 Å². The average molecular weight is 382 g/mol. The van der Waals surface area contributed by atoms with E-state index >= 15 is 0 Å². The van der Waals surface area contributed by atoms with Gasteiger partial charge in [0.05, 0.1) is 22.5 Å².